The van der Waals surface area contributed by atoms with Crippen molar-refractivity contribution in [2.45, 2.75) is 471 Å². The number of hydrogen-bond acceptors (Lipinski definition) is 15. The lowest BCUT2D eigenvalue weighted by Crippen LogP contribution is -2.30. The molecule has 19 heteroatoms. The molecule has 0 aromatic heterocycles. The van der Waals surface area contributed by atoms with Crippen LogP contribution in [0, 0.1) is 11.8 Å². The first-order valence-corrected chi connectivity index (χ1v) is 47.0. The fourth-order valence-corrected chi connectivity index (χ4v) is 14.8. The van der Waals surface area contributed by atoms with Gasteiger partial charge in [0.25, 0.3) is 0 Å². The Balaban J connectivity index is 5.18. The van der Waals surface area contributed by atoms with Crippen LogP contribution in [-0.4, -0.2) is 96.7 Å². The number of carbonyl (C=O) groups is 4. The van der Waals surface area contributed by atoms with E-state index in [0.29, 0.717) is 25.7 Å². The summed E-state index contributed by atoms with van der Waals surface area (Å²) in [5, 5.41) is 10.7. The fraction of sp³-hybridized carbons (Fsp3) is 0.953. The monoisotopic (exact) mass is 1520 g/mol. The molecule has 618 valence electrons. The van der Waals surface area contributed by atoms with Gasteiger partial charge in [0.05, 0.1) is 26.4 Å². The van der Waals surface area contributed by atoms with E-state index in [2.05, 4.69) is 41.5 Å². The quantitative estimate of drug-likeness (QED) is 0.0222. The van der Waals surface area contributed by atoms with E-state index in [-0.39, 0.29) is 25.7 Å². The largest absolute Gasteiger partial charge is 0.472 e. The standard InChI is InChI=1S/C85H166O17P2/c1-7-10-12-14-16-18-20-21-22-23-24-25-26-27-32-35-38-42-46-50-58-64-70-85(90)101-80(73-95-82(87)67-61-55-48-44-41-37-34-31-29-28-30-33-36-40-43-47-53-59-65-77(4)5)75-99-103(91,92)97-71-79(86)72-98-104(93,94)100-76-81(74-96-83(88)68-62-56-52-51-54-60-66-78(6)9-3)102-84(89)69-63-57-49-45-39-19-17-15-13-11-8-2/h77-81,86H,7-76H2,1-6H3,(H,91,92)(H,93,94)/t78?,79-,80-,81-/m1/s1. The highest BCUT2D eigenvalue weighted by atomic mass is 31.2. The lowest BCUT2D eigenvalue weighted by Gasteiger charge is -2.21. The number of phosphoric ester groups is 2. The minimum absolute atomic E-state index is 0.106. The minimum atomic E-state index is -4.96. The van der Waals surface area contributed by atoms with Crippen LogP contribution in [0.25, 0.3) is 0 Å². The molecule has 0 aliphatic carbocycles. The number of phosphoric acid groups is 2. The smallest absolute Gasteiger partial charge is 0.462 e. The Labute approximate surface area is 638 Å². The van der Waals surface area contributed by atoms with Gasteiger partial charge in [-0.15, -0.1) is 0 Å². The van der Waals surface area contributed by atoms with E-state index in [1.807, 2.05) is 0 Å². The van der Waals surface area contributed by atoms with Crippen molar-refractivity contribution >= 4 is 39.5 Å². The second-order valence-electron chi connectivity index (χ2n) is 31.3. The van der Waals surface area contributed by atoms with Crippen molar-refractivity contribution in [1.29, 1.82) is 0 Å². The van der Waals surface area contributed by atoms with Gasteiger partial charge in [-0.2, -0.15) is 0 Å². The third-order valence-corrected chi connectivity index (χ3v) is 22.2. The van der Waals surface area contributed by atoms with E-state index in [4.69, 9.17) is 37.0 Å². The predicted octanol–water partition coefficient (Wildman–Crippen LogP) is 25.8. The summed E-state index contributed by atoms with van der Waals surface area (Å²) in [6.07, 6.45) is 68.3. The second-order valence-corrected chi connectivity index (χ2v) is 34.2. The molecule has 17 nitrogen and oxygen atoms in total. The van der Waals surface area contributed by atoms with Crippen molar-refractivity contribution in [3.63, 3.8) is 0 Å². The number of carbonyl (C=O) groups excluding carboxylic acids is 4. The highest BCUT2D eigenvalue weighted by molar-refractivity contribution is 7.47. The molecule has 0 heterocycles. The summed E-state index contributed by atoms with van der Waals surface area (Å²) < 4.78 is 68.8. The summed E-state index contributed by atoms with van der Waals surface area (Å²) in [7, 11) is -9.92. The third-order valence-electron chi connectivity index (χ3n) is 20.3. The Hall–Kier alpha value is -1.94. The lowest BCUT2D eigenvalue weighted by molar-refractivity contribution is -0.161. The molecular formula is C85H166O17P2. The van der Waals surface area contributed by atoms with Crippen LogP contribution in [0.4, 0.5) is 0 Å². The molecule has 0 amide bonds. The van der Waals surface area contributed by atoms with E-state index in [1.165, 1.54) is 263 Å². The maximum absolute atomic E-state index is 13.1. The number of ether oxygens (including phenoxy) is 4. The molecule has 0 radical (unpaired) electrons. The van der Waals surface area contributed by atoms with Crippen LogP contribution in [0.3, 0.4) is 0 Å². The summed E-state index contributed by atoms with van der Waals surface area (Å²) in [5.74, 6) is -0.552. The average Bonchev–Trinajstić information content (AvgIpc) is 0.951. The molecule has 0 rings (SSSR count). The summed E-state index contributed by atoms with van der Waals surface area (Å²) in [6, 6.07) is 0. The van der Waals surface area contributed by atoms with Crippen LogP contribution >= 0.6 is 15.6 Å². The van der Waals surface area contributed by atoms with Crippen molar-refractivity contribution in [3.8, 4) is 0 Å². The maximum Gasteiger partial charge on any atom is 0.472 e. The van der Waals surface area contributed by atoms with Crippen molar-refractivity contribution in [1.82, 2.24) is 0 Å². The van der Waals surface area contributed by atoms with Gasteiger partial charge in [-0.3, -0.25) is 37.3 Å². The zero-order valence-corrected chi connectivity index (χ0v) is 70.1. The number of esters is 4. The third kappa shape index (κ3) is 76.8. The minimum Gasteiger partial charge on any atom is -0.462 e. The van der Waals surface area contributed by atoms with Gasteiger partial charge in [-0.05, 0) is 37.5 Å². The van der Waals surface area contributed by atoms with Crippen LogP contribution in [0.15, 0.2) is 0 Å². The normalized spacial score (nSPS) is 14.1. The van der Waals surface area contributed by atoms with Gasteiger partial charge < -0.3 is 33.8 Å². The first-order valence-electron chi connectivity index (χ1n) is 44.0. The van der Waals surface area contributed by atoms with Crippen LogP contribution in [0.1, 0.15) is 452 Å². The number of hydrogen-bond donors (Lipinski definition) is 3. The SMILES string of the molecule is CCCCCCCCCCCCCCCCCCCCCCCCC(=O)O[C@H](COC(=O)CCCCCCCCCCCCCCCCCCCCC(C)C)COP(=O)(O)OC[C@@H](O)COP(=O)(O)OC[C@@H](COC(=O)CCCCCCCCC(C)CC)OC(=O)CCCCCCCCCCCCC. The van der Waals surface area contributed by atoms with Gasteiger partial charge in [-0.1, -0.05) is 401 Å². The molecule has 6 atom stereocenters. The van der Waals surface area contributed by atoms with E-state index >= 15 is 0 Å². The van der Waals surface area contributed by atoms with E-state index in [0.717, 1.165) is 108 Å². The molecule has 0 saturated heterocycles. The Kier molecular flexibility index (Phi) is 75.0. The summed E-state index contributed by atoms with van der Waals surface area (Å²) >= 11 is 0. The van der Waals surface area contributed by atoms with Gasteiger partial charge in [0, 0.05) is 25.7 Å². The molecule has 0 aromatic rings. The predicted molar refractivity (Wildman–Crippen MR) is 428 cm³/mol. The Bertz CT molecular complexity index is 2000. The van der Waals surface area contributed by atoms with Gasteiger partial charge in [0.15, 0.2) is 12.2 Å². The first-order chi connectivity index (χ1) is 50.4. The summed E-state index contributed by atoms with van der Waals surface area (Å²) in [6.45, 7) is 9.64. The summed E-state index contributed by atoms with van der Waals surface area (Å²) in [4.78, 5) is 73.1. The molecule has 0 spiro atoms. The van der Waals surface area contributed by atoms with E-state index < -0.39 is 97.5 Å². The number of aliphatic hydroxyl groups excluding tert-OH is 1. The van der Waals surface area contributed by atoms with Gasteiger partial charge in [0.1, 0.15) is 19.3 Å². The van der Waals surface area contributed by atoms with Gasteiger partial charge in [0.2, 0.25) is 0 Å². The van der Waals surface area contributed by atoms with E-state index in [9.17, 15) is 43.2 Å². The molecular weight excluding hydrogens is 1350 g/mol. The zero-order chi connectivity index (χ0) is 76.4. The highest BCUT2D eigenvalue weighted by Crippen LogP contribution is 2.45. The molecule has 104 heavy (non-hydrogen) atoms. The zero-order valence-electron chi connectivity index (χ0n) is 68.3. The molecule has 0 aromatic carbocycles. The molecule has 0 aliphatic heterocycles. The topological polar surface area (TPSA) is 237 Å². The van der Waals surface area contributed by atoms with Gasteiger partial charge in [-0.25, -0.2) is 9.13 Å². The first kappa shape index (κ1) is 102. The van der Waals surface area contributed by atoms with Crippen molar-refractivity contribution in [2.75, 3.05) is 39.6 Å². The Morgan fingerprint density at radius 2 is 0.490 bits per heavy atom. The molecule has 0 saturated carbocycles. The lowest BCUT2D eigenvalue weighted by atomic mass is 10.00. The molecule has 0 aliphatic rings. The number of rotatable bonds is 84. The second kappa shape index (κ2) is 76.4. The number of aliphatic hydroxyl groups is 1. The van der Waals surface area contributed by atoms with Crippen LogP contribution in [0.5, 0.6) is 0 Å². The van der Waals surface area contributed by atoms with Crippen LogP contribution in [-0.2, 0) is 65.4 Å². The van der Waals surface area contributed by atoms with Crippen molar-refractivity contribution in [3.05, 3.63) is 0 Å². The van der Waals surface area contributed by atoms with Crippen molar-refractivity contribution in [2.24, 2.45) is 11.8 Å². The number of unbranched alkanes of at least 4 members (excludes halogenated alkanes) is 53. The molecule has 3 N–H and O–H groups in total. The highest BCUT2D eigenvalue weighted by Gasteiger charge is 2.30. The Morgan fingerprint density at radius 3 is 0.731 bits per heavy atom. The van der Waals surface area contributed by atoms with Crippen LogP contribution < -0.4 is 0 Å². The molecule has 3 unspecified atom stereocenters. The van der Waals surface area contributed by atoms with Gasteiger partial charge >= 0.3 is 39.5 Å². The van der Waals surface area contributed by atoms with E-state index in [1.54, 1.807) is 0 Å². The molecule has 0 fully saturated rings. The maximum atomic E-state index is 13.1. The van der Waals surface area contributed by atoms with Crippen LogP contribution in [0.2, 0.25) is 0 Å². The summed E-state index contributed by atoms with van der Waals surface area (Å²) in [5.41, 5.74) is 0. The fourth-order valence-electron chi connectivity index (χ4n) is 13.2. The Morgan fingerprint density at radius 1 is 0.279 bits per heavy atom. The average molecular weight is 1520 g/mol. The molecule has 0 bridgehead atoms. The van der Waals surface area contributed by atoms with Crippen molar-refractivity contribution < 1.29 is 80.2 Å².